The summed E-state index contributed by atoms with van der Waals surface area (Å²) in [6, 6.07) is 14.3. The number of amides is 1. The topological polar surface area (TPSA) is 115 Å². The van der Waals surface area contributed by atoms with E-state index < -0.39 is 15.9 Å². The molecule has 0 unspecified atom stereocenters. The van der Waals surface area contributed by atoms with E-state index in [1.54, 1.807) is 31.4 Å². The zero-order valence-corrected chi connectivity index (χ0v) is 17.1. The molecule has 2 heterocycles. The summed E-state index contributed by atoms with van der Waals surface area (Å²) >= 11 is 0. The molecule has 1 aliphatic rings. The van der Waals surface area contributed by atoms with Gasteiger partial charge < -0.3 is 10.5 Å². The van der Waals surface area contributed by atoms with E-state index in [4.69, 9.17) is 10.5 Å². The zero-order valence-electron chi connectivity index (χ0n) is 16.3. The molecule has 154 valence electrons. The predicted octanol–water partition coefficient (Wildman–Crippen LogP) is 2.00. The molecular formula is C21H20N4O4S. The number of rotatable bonds is 5. The fourth-order valence-corrected chi connectivity index (χ4v) is 4.76. The van der Waals surface area contributed by atoms with Crippen LogP contribution in [0.15, 0.2) is 59.6 Å². The predicted molar refractivity (Wildman–Crippen MR) is 110 cm³/mol. The maximum Gasteiger partial charge on any atom is 0.286 e. The molecule has 2 N–H and O–H groups in total. The van der Waals surface area contributed by atoms with Crippen LogP contribution in [-0.2, 0) is 23.0 Å². The molecule has 0 saturated heterocycles. The van der Waals surface area contributed by atoms with Crippen LogP contribution in [0.25, 0.3) is 11.1 Å². The summed E-state index contributed by atoms with van der Waals surface area (Å²) in [5.74, 6) is -0.102. The van der Waals surface area contributed by atoms with Gasteiger partial charge >= 0.3 is 0 Å². The van der Waals surface area contributed by atoms with Crippen LogP contribution in [0.3, 0.4) is 0 Å². The van der Waals surface area contributed by atoms with Crippen molar-refractivity contribution in [3.8, 4) is 16.9 Å². The highest BCUT2D eigenvalue weighted by Crippen LogP contribution is 2.27. The Hall–Kier alpha value is -3.30. The smallest absolute Gasteiger partial charge is 0.286 e. The Labute approximate surface area is 174 Å². The molecule has 30 heavy (non-hydrogen) atoms. The van der Waals surface area contributed by atoms with E-state index in [1.807, 2.05) is 24.3 Å². The van der Waals surface area contributed by atoms with Crippen LogP contribution >= 0.6 is 0 Å². The van der Waals surface area contributed by atoms with Crippen LogP contribution < -0.4 is 10.5 Å². The van der Waals surface area contributed by atoms with Crippen molar-refractivity contribution < 1.29 is 17.9 Å². The molecule has 0 fully saturated rings. The lowest BCUT2D eigenvalue weighted by atomic mass is 10.1. The zero-order chi connectivity index (χ0) is 21.3. The molecule has 0 aliphatic carbocycles. The molecular weight excluding hydrogens is 404 g/mol. The van der Waals surface area contributed by atoms with E-state index in [9.17, 15) is 13.2 Å². The average molecular weight is 424 g/mol. The first-order valence-corrected chi connectivity index (χ1v) is 10.7. The van der Waals surface area contributed by atoms with Gasteiger partial charge in [-0.15, -0.1) is 0 Å². The van der Waals surface area contributed by atoms with Crippen LogP contribution in [0.1, 0.15) is 21.9 Å². The largest absolute Gasteiger partial charge is 0.497 e. The summed E-state index contributed by atoms with van der Waals surface area (Å²) < 4.78 is 32.8. The van der Waals surface area contributed by atoms with Crippen molar-refractivity contribution in [1.82, 2.24) is 14.3 Å². The van der Waals surface area contributed by atoms with Crippen LogP contribution in [-0.4, -0.2) is 42.3 Å². The second-order valence-corrected chi connectivity index (χ2v) is 8.81. The lowest BCUT2D eigenvalue weighted by molar-refractivity contribution is 0.0990. The molecule has 0 bridgehead atoms. The number of carbonyl (C=O) groups is 1. The molecule has 1 amide bonds. The third-order valence-corrected chi connectivity index (χ3v) is 6.91. The number of nitrogens with zero attached hydrogens (tertiary/aromatic N) is 3. The highest BCUT2D eigenvalue weighted by molar-refractivity contribution is 7.89. The highest BCUT2D eigenvalue weighted by atomic mass is 32.2. The van der Waals surface area contributed by atoms with Crippen molar-refractivity contribution in [2.45, 2.75) is 17.9 Å². The monoisotopic (exact) mass is 424 g/mol. The van der Waals surface area contributed by atoms with Crippen molar-refractivity contribution in [3.05, 3.63) is 71.8 Å². The molecule has 3 aromatic rings. The number of methoxy groups -OCH3 is 1. The molecule has 9 heteroatoms. The minimum atomic E-state index is -3.71. The number of nitrogens with two attached hydrogens (primary N) is 1. The van der Waals surface area contributed by atoms with Gasteiger partial charge in [0.1, 0.15) is 5.75 Å². The molecule has 1 aromatic heterocycles. The standard InChI is InChI=1S/C21H20N4O4S/c1-29-17-6-2-14(3-7-17)15-4-8-18(9-5-15)30(27,28)25-11-10-16-12-23-21(20(22)26)24-19(16)13-25/h2-9,12H,10-11,13H2,1H3,(H2,22,26). The van der Waals surface area contributed by atoms with Gasteiger partial charge in [-0.2, -0.15) is 4.31 Å². The first kappa shape index (κ1) is 20.0. The summed E-state index contributed by atoms with van der Waals surface area (Å²) in [5.41, 5.74) is 8.42. The summed E-state index contributed by atoms with van der Waals surface area (Å²) in [5, 5.41) is 0. The fourth-order valence-electron chi connectivity index (χ4n) is 3.35. The quantitative estimate of drug-likeness (QED) is 0.670. The van der Waals surface area contributed by atoms with Crippen molar-refractivity contribution >= 4 is 15.9 Å². The van der Waals surface area contributed by atoms with Gasteiger partial charge in [0, 0.05) is 12.7 Å². The second kappa shape index (κ2) is 7.85. The third-order valence-electron chi connectivity index (χ3n) is 5.05. The summed E-state index contributed by atoms with van der Waals surface area (Å²) in [7, 11) is -2.11. The Kier molecular flexibility index (Phi) is 5.23. The van der Waals surface area contributed by atoms with E-state index >= 15 is 0 Å². The van der Waals surface area contributed by atoms with E-state index in [2.05, 4.69) is 9.97 Å². The van der Waals surface area contributed by atoms with Crippen molar-refractivity contribution in [3.63, 3.8) is 0 Å². The van der Waals surface area contributed by atoms with E-state index in [1.165, 1.54) is 10.5 Å². The van der Waals surface area contributed by atoms with Crippen molar-refractivity contribution in [2.75, 3.05) is 13.7 Å². The minimum Gasteiger partial charge on any atom is -0.497 e. The highest BCUT2D eigenvalue weighted by Gasteiger charge is 2.29. The van der Waals surface area contributed by atoms with Gasteiger partial charge in [-0.05, 0) is 47.4 Å². The Morgan fingerprint density at radius 2 is 1.70 bits per heavy atom. The van der Waals surface area contributed by atoms with Gasteiger partial charge in [-0.25, -0.2) is 18.4 Å². The van der Waals surface area contributed by atoms with Crippen molar-refractivity contribution in [2.24, 2.45) is 5.73 Å². The van der Waals surface area contributed by atoms with E-state index in [0.717, 1.165) is 22.4 Å². The van der Waals surface area contributed by atoms with Crippen LogP contribution in [0, 0.1) is 0 Å². The SMILES string of the molecule is COc1ccc(-c2ccc(S(=O)(=O)N3CCc4cnc(C(N)=O)nc4C3)cc2)cc1. The first-order valence-electron chi connectivity index (χ1n) is 9.28. The number of benzene rings is 2. The fraction of sp³-hybridized carbons (Fsp3) is 0.190. The van der Waals surface area contributed by atoms with E-state index in [-0.39, 0.29) is 17.3 Å². The number of carbonyl (C=O) groups excluding carboxylic acids is 1. The van der Waals surface area contributed by atoms with Crippen LogP contribution in [0.2, 0.25) is 0 Å². The lowest BCUT2D eigenvalue weighted by Gasteiger charge is -2.27. The maximum atomic E-state index is 13.1. The number of sulfonamides is 1. The second-order valence-electron chi connectivity index (χ2n) is 6.87. The van der Waals surface area contributed by atoms with Crippen LogP contribution in [0.5, 0.6) is 5.75 Å². The number of hydrogen-bond acceptors (Lipinski definition) is 6. The van der Waals surface area contributed by atoms with Crippen LogP contribution in [0.4, 0.5) is 0 Å². The first-order chi connectivity index (χ1) is 14.4. The lowest BCUT2D eigenvalue weighted by Crippen LogP contribution is -2.37. The Bertz CT molecular complexity index is 1190. The number of primary amides is 1. The Morgan fingerprint density at radius 1 is 1.07 bits per heavy atom. The van der Waals surface area contributed by atoms with Gasteiger partial charge in [0.15, 0.2) is 0 Å². The summed E-state index contributed by atoms with van der Waals surface area (Å²) in [4.78, 5) is 19.6. The molecule has 4 rings (SSSR count). The molecule has 0 atom stereocenters. The molecule has 8 nitrogen and oxygen atoms in total. The number of ether oxygens (including phenoxy) is 1. The van der Waals surface area contributed by atoms with Gasteiger partial charge in [0.2, 0.25) is 15.8 Å². The normalized spacial score (nSPS) is 14.2. The van der Waals surface area contributed by atoms with E-state index in [0.29, 0.717) is 18.7 Å². The molecule has 0 spiro atoms. The van der Waals surface area contributed by atoms with Gasteiger partial charge in [0.25, 0.3) is 5.91 Å². The number of aromatic nitrogens is 2. The Morgan fingerprint density at radius 3 is 2.30 bits per heavy atom. The van der Waals surface area contributed by atoms with Gasteiger partial charge in [0.05, 0.1) is 24.2 Å². The molecule has 2 aromatic carbocycles. The Balaban J connectivity index is 1.57. The average Bonchev–Trinajstić information content (AvgIpc) is 2.78. The molecule has 0 radical (unpaired) electrons. The maximum absolute atomic E-state index is 13.1. The number of hydrogen-bond donors (Lipinski definition) is 1. The molecule has 0 saturated carbocycles. The van der Waals surface area contributed by atoms with Crippen molar-refractivity contribution in [1.29, 1.82) is 0 Å². The minimum absolute atomic E-state index is 0.0701. The van der Waals surface area contributed by atoms with Gasteiger partial charge in [-0.3, -0.25) is 4.79 Å². The summed E-state index contributed by atoms with van der Waals surface area (Å²) in [6.07, 6.45) is 2.01. The number of fused-ring (bicyclic) bond motifs is 1. The molecule has 1 aliphatic heterocycles. The third kappa shape index (κ3) is 3.77. The summed E-state index contributed by atoms with van der Waals surface area (Å²) in [6.45, 7) is 0.384. The van der Waals surface area contributed by atoms with Gasteiger partial charge in [-0.1, -0.05) is 24.3 Å².